The number of likely N-dealkylation sites (tertiary alicyclic amines) is 1. The fourth-order valence-electron chi connectivity index (χ4n) is 2.94. The van der Waals surface area contributed by atoms with Gasteiger partial charge in [0.05, 0.1) is 5.92 Å². The molecule has 0 spiro atoms. The largest absolute Gasteiger partial charge is 0.481 e. The highest BCUT2D eigenvalue weighted by Crippen LogP contribution is 2.26. The van der Waals surface area contributed by atoms with E-state index in [0.29, 0.717) is 37.8 Å². The zero-order valence-corrected chi connectivity index (χ0v) is 12.6. The second-order valence-electron chi connectivity index (χ2n) is 6.17. The van der Waals surface area contributed by atoms with Crippen molar-refractivity contribution in [1.29, 1.82) is 0 Å². The van der Waals surface area contributed by atoms with Gasteiger partial charge in [-0.15, -0.1) is 0 Å². The van der Waals surface area contributed by atoms with Crippen molar-refractivity contribution in [2.75, 3.05) is 13.1 Å². The number of rotatable bonds is 5. The van der Waals surface area contributed by atoms with Crippen LogP contribution < -0.4 is 0 Å². The van der Waals surface area contributed by atoms with E-state index in [4.69, 9.17) is 5.11 Å². The van der Waals surface area contributed by atoms with E-state index in [0.717, 1.165) is 6.42 Å². The number of hydrogen-bond acceptors (Lipinski definition) is 2. The van der Waals surface area contributed by atoms with Gasteiger partial charge in [0.1, 0.15) is 0 Å². The third-order valence-electron chi connectivity index (χ3n) is 4.48. The Morgan fingerprint density at radius 2 is 2.00 bits per heavy atom. The Hall–Kier alpha value is -1.06. The zero-order chi connectivity index (χ0) is 14.6. The van der Waals surface area contributed by atoms with E-state index in [1.165, 1.54) is 0 Å². The van der Waals surface area contributed by atoms with Gasteiger partial charge in [-0.3, -0.25) is 9.59 Å². The van der Waals surface area contributed by atoms with Crippen molar-refractivity contribution < 1.29 is 14.7 Å². The third kappa shape index (κ3) is 4.22. The molecule has 0 aliphatic carbocycles. The first-order valence-corrected chi connectivity index (χ1v) is 7.37. The van der Waals surface area contributed by atoms with Crippen LogP contribution in [0.2, 0.25) is 0 Å². The fraction of sp³-hybridized carbons (Fsp3) is 0.867. The standard InChI is InChI=1S/C15H27NO3/c1-5-12(10(2)3)8-14(17)16-7-6-13(15(18)19)11(4)9-16/h10-13H,5-9H2,1-4H3,(H,18,19). The maximum atomic E-state index is 12.3. The van der Waals surface area contributed by atoms with E-state index in [9.17, 15) is 9.59 Å². The molecule has 1 aliphatic rings. The molecule has 1 rings (SSSR count). The van der Waals surface area contributed by atoms with E-state index < -0.39 is 5.97 Å². The molecule has 1 saturated heterocycles. The van der Waals surface area contributed by atoms with Crippen molar-refractivity contribution in [3.05, 3.63) is 0 Å². The van der Waals surface area contributed by atoms with Crippen molar-refractivity contribution >= 4 is 11.9 Å². The highest BCUT2D eigenvalue weighted by atomic mass is 16.4. The molecule has 1 amide bonds. The normalized spacial score (nSPS) is 25.4. The Labute approximate surface area is 116 Å². The van der Waals surface area contributed by atoms with Crippen LogP contribution in [0.5, 0.6) is 0 Å². The SMILES string of the molecule is CCC(CC(=O)N1CCC(C(=O)O)C(C)C1)C(C)C. The summed E-state index contributed by atoms with van der Waals surface area (Å²) in [6.07, 6.45) is 2.20. The number of aliphatic carboxylic acids is 1. The quantitative estimate of drug-likeness (QED) is 0.834. The molecule has 4 heteroatoms. The first-order chi connectivity index (χ1) is 8.86. The van der Waals surface area contributed by atoms with Crippen LogP contribution in [0.1, 0.15) is 47.0 Å². The van der Waals surface area contributed by atoms with Gasteiger partial charge in [0.25, 0.3) is 0 Å². The van der Waals surface area contributed by atoms with Gasteiger partial charge in [0.2, 0.25) is 5.91 Å². The van der Waals surface area contributed by atoms with E-state index in [1.54, 1.807) is 0 Å². The first kappa shape index (κ1) is 16.0. The number of carboxylic acid groups (broad SMARTS) is 1. The molecule has 0 aromatic heterocycles. The molecule has 1 aliphatic heterocycles. The second kappa shape index (κ2) is 6.92. The highest BCUT2D eigenvalue weighted by molar-refractivity contribution is 5.77. The van der Waals surface area contributed by atoms with Gasteiger partial charge in [-0.25, -0.2) is 0 Å². The Balaban J connectivity index is 2.54. The van der Waals surface area contributed by atoms with Gasteiger partial charge in [0, 0.05) is 19.5 Å². The van der Waals surface area contributed by atoms with E-state index >= 15 is 0 Å². The van der Waals surface area contributed by atoms with Gasteiger partial charge in [-0.05, 0) is 24.2 Å². The summed E-state index contributed by atoms with van der Waals surface area (Å²) < 4.78 is 0. The van der Waals surface area contributed by atoms with Crippen LogP contribution in [0.4, 0.5) is 0 Å². The average Bonchev–Trinajstić information content (AvgIpc) is 2.34. The molecule has 4 nitrogen and oxygen atoms in total. The fourth-order valence-corrected chi connectivity index (χ4v) is 2.94. The summed E-state index contributed by atoms with van der Waals surface area (Å²) in [5.74, 6) is 0.165. The molecule has 1 heterocycles. The van der Waals surface area contributed by atoms with Crippen LogP contribution in [0.15, 0.2) is 0 Å². The maximum Gasteiger partial charge on any atom is 0.306 e. The van der Waals surface area contributed by atoms with Gasteiger partial charge >= 0.3 is 5.97 Å². The minimum atomic E-state index is -0.729. The molecule has 1 fully saturated rings. The topological polar surface area (TPSA) is 57.6 Å². The summed E-state index contributed by atoms with van der Waals surface area (Å²) >= 11 is 0. The molecule has 1 N–H and O–H groups in total. The number of nitrogens with zero attached hydrogens (tertiary/aromatic N) is 1. The molecule has 19 heavy (non-hydrogen) atoms. The van der Waals surface area contributed by atoms with E-state index in [-0.39, 0.29) is 17.7 Å². The van der Waals surface area contributed by atoms with Gasteiger partial charge in [0.15, 0.2) is 0 Å². The molecule has 0 saturated carbocycles. The van der Waals surface area contributed by atoms with Crippen molar-refractivity contribution in [2.24, 2.45) is 23.7 Å². The lowest BCUT2D eigenvalue weighted by molar-refractivity contribution is -0.148. The lowest BCUT2D eigenvalue weighted by Gasteiger charge is -2.36. The summed E-state index contributed by atoms with van der Waals surface area (Å²) in [6, 6.07) is 0. The zero-order valence-electron chi connectivity index (χ0n) is 12.6. The van der Waals surface area contributed by atoms with Crippen LogP contribution in [-0.2, 0) is 9.59 Å². The van der Waals surface area contributed by atoms with Crippen LogP contribution in [0, 0.1) is 23.7 Å². The van der Waals surface area contributed by atoms with Crippen molar-refractivity contribution in [3.63, 3.8) is 0 Å². The molecule has 3 unspecified atom stereocenters. The van der Waals surface area contributed by atoms with E-state index in [2.05, 4.69) is 20.8 Å². The van der Waals surface area contributed by atoms with Crippen molar-refractivity contribution in [3.8, 4) is 0 Å². The van der Waals surface area contributed by atoms with Gasteiger partial charge in [-0.2, -0.15) is 0 Å². The summed E-state index contributed by atoms with van der Waals surface area (Å²) in [6.45, 7) is 9.54. The average molecular weight is 269 g/mol. The maximum absolute atomic E-state index is 12.3. The molecule has 0 aromatic carbocycles. The Bertz CT molecular complexity index is 327. The molecule has 0 radical (unpaired) electrons. The number of amides is 1. The Morgan fingerprint density at radius 1 is 1.37 bits per heavy atom. The number of piperidine rings is 1. The number of carbonyl (C=O) groups excluding carboxylic acids is 1. The summed E-state index contributed by atoms with van der Waals surface area (Å²) in [5.41, 5.74) is 0. The number of hydrogen-bond donors (Lipinski definition) is 1. The molecular formula is C15H27NO3. The summed E-state index contributed by atoms with van der Waals surface area (Å²) in [4.78, 5) is 25.2. The Kier molecular flexibility index (Phi) is 5.83. The lowest BCUT2D eigenvalue weighted by Crippen LogP contribution is -2.45. The molecule has 110 valence electrons. The lowest BCUT2D eigenvalue weighted by atomic mass is 9.85. The minimum Gasteiger partial charge on any atom is -0.481 e. The monoisotopic (exact) mass is 269 g/mol. The summed E-state index contributed by atoms with van der Waals surface area (Å²) in [5, 5.41) is 9.09. The smallest absolute Gasteiger partial charge is 0.306 e. The predicted molar refractivity (Wildman–Crippen MR) is 74.7 cm³/mol. The highest BCUT2D eigenvalue weighted by Gasteiger charge is 2.33. The summed E-state index contributed by atoms with van der Waals surface area (Å²) in [7, 11) is 0. The van der Waals surface area contributed by atoms with Crippen LogP contribution in [0.3, 0.4) is 0 Å². The van der Waals surface area contributed by atoms with Crippen molar-refractivity contribution in [2.45, 2.75) is 47.0 Å². The van der Waals surface area contributed by atoms with Crippen LogP contribution in [0.25, 0.3) is 0 Å². The van der Waals surface area contributed by atoms with E-state index in [1.807, 2.05) is 11.8 Å². The Morgan fingerprint density at radius 3 is 2.42 bits per heavy atom. The predicted octanol–water partition coefficient (Wildman–Crippen LogP) is 2.63. The number of carbonyl (C=O) groups is 2. The molecule has 0 aromatic rings. The van der Waals surface area contributed by atoms with Crippen LogP contribution >= 0.6 is 0 Å². The van der Waals surface area contributed by atoms with Crippen LogP contribution in [-0.4, -0.2) is 35.0 Å². The minimum absolute atomic E-state index is 0.0503. The second-order valence-corrected chi connectivity index (χ2v) is 6.17. The molecule has 0 bridgehead atoms. The molecular weight excluding hydrogens is 242 g/mol. The van der Waals surface area contributed by atoms with Gasteiger partial charge in [-0.1, -0.05) is 34.1 Å². The third-order valence-corrected chi connectivity index (χ3v) is 4.48. The first-order valence-electron chi connectivity index (χ1n) is 7.37. The van der Waals surface area contributed by atoms with Gasteiger partial charge < -0.3 is 10.0 Å². The molecule has 3 atom stereocenters. The number of carboxylic acids is 1. The van der Waals surface area contributed by atoms with Crippen molar-refractivity contribution in [1.82, 2.24) is 4.90 Å².